The van der Waals surface area contributed by atoms with Gasteiger partial charge in [-0.25, -0.2) is 4.39 Å². The number of nitrogens with one attached hydrogen (secondary N) is 2. The van der Waals surface area contributed by atoms with Crippen molar-refractivity contribution in [3.8, 4) is 0 Å². The van der Waals surface area contributed by atoms with Crippen LogP contribution in [-0.4, -0.2) is 32.6 Å². The summed E-state index contributed by atoms with van der Waals surface area (Å²) in [5.74, 6) is -0.206. The van der Waals surface area contributed by atoms with Crippen LogP contribution in [0.25, 0.3) is 10.9 Å². The molecule has 0 radical (unpaired) electrons. The highest BCUT2D eigenvalue weighted by Gasteiger charge is 2.19. The number of aromatic amines is 1. The first-order valence-corrected chi connectivity index (χ1v) is 11.2. The van der Waals surface area contributed by atoms with Gasteiger partial charge in [-0.2, -0.15) is 0 Å². The van der Waals surface area contributed by atoms with Crippen LogP contribution in [0.2, 0.25) is 0 Å². The van der Waals surface area contributed by atoms with Crippen molar-refractivity contribution in [3.63, 3.8) is 0 Å². The average Bonchev–Trinajstić information content (AvgIpc) is 3.07. The van der Waals surface area contributed by atoms with E-state index in [0.717, 1.165) is 45.9 Å². The minimum Gasteiger partial charge on any atom is -0.360 e. The molecule has 0 aliphatic heterocycles. The van der Waals surface area contributed by atoms with E-state index in [1.165, 1.54) is 38.2 Å². The van der Waals surface area contributed by atoms with Crippen LogP contribution in [0.3, 0.4) is 0 Å². The minimum atomic E-state index is -0.206. The first kappa shape index (κ1) is 20.8. The zero-order valence-electron chi connectivity index (χ0n) is 17.5. The molecule has 2 aromatic heterocycles. The Kier molecular flexibility index (Phi) is 6.62. The van der Waals surface area contributed by atoms with Crippen molar-refractivity contribution in [3.05, 3.63) is 65.4 Å². The molecule has 2 heterocycles. The van der Waals surface area contributed by atoms with Gasteiger partial charge in [0.15, 0.2) is 5.11 Å². The number of halogens is 1. The van der Waals surface area contributed by atoms with Gasteiger partial charge < -0.3 is 15.2 Å². The molecule has 0 unspecified atom stereocenters. The van der Waals surface area contributed by atoms with Crippen molar-refractivity contribution in [2.24, 2.45) is 0 Å². The molecule has 0 atom stereocenters. The lowest BCUT2D eigenvalue weighted by atomic mass is 9.96. The minimum absolute atomic E-state index is 0.206. The summed E-state index contributed by atoms with van der Waals surface area (Å²) in [6.45, 7) is 3.46. The molecule has 1 aliphatic rings. The highest BCUT2D eigenvalue weighted by Crippen LogP contribution is 2.24. The van der Waals surface area contributed by atoms with Gasteiger partial charge in [0.25, 0.3) is 0 Å². The van der Waals surface area contributed by atoms with Gasteiger partial charge in [0.2, 0.25) is 0 Å². The summed E-state index contributed by atoms with van der Waals surface area (Å²) >= 11 is 5.82. The lowest BCUT2D eigenvalue weighted by molar-refractivity contribution is 0.366. The third-order valence-corrected chi connectivity index (χ3v) is 6.39. The summed E-state index contributed by atoms with van der Waals surface area (Å²) in [6, 6.07) is 11.3. The molecule has 0 amide bonds. The molecule has 30 heavy (non-hydrogen) atoms. The van der Waals surface area contributed by atoms with Crippen LogP contribution in [0.4, 0.5) is 4.39 Å². The van der Waals surface area contributed by atoms with Gasteiger partial charge in [-0.05, 0) is 74.3 Å². The summed E-state index contributed by atoms with van der Waals surface area (Å²) in [4.78, 5) is 10.1. The maximum absolute atomic E-state index is 13.8. The van der Waals surface area contributed by atoms with Crippen LogP contribution in [0.15, 0.2) is 42.6 Å². The van der Waals surface area contributed by atoms with Gasteiger partial charge in [0, 0.05) is 35.4 Å². The SMILES string of the molecule is Cc1[nH]c2ccc(F)cc2c1CCN(Cc1ccccn1)C(=S)NC1CCCCC1. The molecule has 2 N–H and O–H groups in total. The molecular weight excluding hydrogens is 395 g/mol. The van der Waals surface area contributed by atoms with Gasteiger partial charge in [-0.3, -0.25) is 4.98 Å². The normalized spacial score (nSPS) is 14.7. The Morgan fingerprint density at radius 3 is 2.83 bits per heavy atom. The second-order valence-electron chi connectivity index (χ2n) is 8.20. The largest absolute Gasteiger partial charge is 0.360 e. The molecular formula is C24H29FN4S. The molecule has 1 saturated carbocycles. The topological polar surface area (TPSA) is 44.0 Å². The third kappa shape index (κ3) is 4.98. The average molecular weight is 425 g/mol. The van der Waals surface area contributed by atoms with Crippen molar-refractivity contribution >= 4 is 28.2 Å². The van der Waals surface area contributed by atoms with Gasteiger partial charge in [0.1, 0.15) is 5.82 Å². The summed E-state index contributed by atoms with van der Waals surface area (Å²) in [5.41, 5.74) is 4.20. The Balaban J connectivity index is 1.51. The summed E-state index contributed by atoms with van der Waals surface area (Å²) in [5, 5.41) is 5.34. The van der Waals surface area contributed by atoms with Gasteiger partial charge in [-0.15, -0.1) is 0 Å². The van der Waals surface area contributed by atoms with Crippen LogP contribution in [0, 0.1) is 12.7 Å². The fourth-order valence-electron chi connectivity index (χ4n) is 4.38. The number of H-pyrrole nitrogens is 1. The summed E-state index contributed by atoms with van der Waals surface area (Å²) < 4.78 is 13.8. The number of hydrogen-bond donors (Lipinski definition) is 2. The number of aryl methyl sites for hydroxylation is 1. The van der Waals surface area contributed by atoms with Crippen molar-refractivity contribution in [2.45, 2.75) is 58.0 Å². The molecule has 4 nitrogen and oxygen atoms in total. The van der Waals surface area contributed by atoms with Crippen molar-refractivity contribution in [1.82, 2.24) is 20.2 Å². The third-order valence-electron chi connectivity index (χ3n) is 6.01. The van der Waals surface area contributed by atoms with Crippen molar-refractivity contribution < 1.29 is 4.39 Å². The van der Waals surface area contributed by atoms with E-state index in [4.69, 9.17) is 12.2 Å². The first-order valence-electron chi connectivity index (χ1n) is 10.8. The standard InChI is InChI=1S/C24H29FN4S/c1-17-21(22-15-18(25)10-11-23(22)27-17)12-14-29(16-20-9-5-6-13-26-20)24(30)28-19-7-3-2-4-8-19/h5-6,9-11,13,15,19,27H,2-4,7-8,12,14,16H2,1H3,(H,28,30). The Labute approximate surface area is 182 Å². The zero-order chi connectivity index (χ0) is 20.9. The zero-order valence-corrected chi connectivity index (χ0v) is 18.3. The summed E-state index contributed by atoms with van der Waals surface area (Å²) in [7, 11) is 0. The molecule has 0 spiro atoms. The highest BCUT2D eigenvalue weighted by molar-refractivity contribution is 7.80. The Morgan fingerprint density at radius 2 is 2.07 bits per heavy atom. The van der Waals surface area contributed by atoms with Crippen LogP contribution in [0.1, 0.15) is 49.1 Å². The molecule has 3 aromatic rings. The molecule has 1 fully saturated rings. The number of rotatable bonds is 6. The predicted molar refractivity (Wildman–Crippen MR) is 124 cm³/mol. The fourth-order valence-corrected chi connectivity index (χ4v) is 4.70. The quantitative estimate of drug-likeness (QED) is 0.530. The maximum Gasteiger partial charge on any atom is 0.169 e. The second kappa shape index (κ2) is 9.56. The van der Waals surface area contributed by atoms with E-state index >= 15 is 0 Å². The lowest BCUT2D eigenvalue weighted by Gasteiger charge is -2.31. The van der Waals surface area contributed by atoms with E-state index in [1.807, 2.05) is 30.5 Å². The predicted octanol–water partition coefficient (Wildman–Crippen LogP) is 5.26. The van der Waals surface area contributed by atoms with E-state index in [9.17, 15) is 4.39 Å². The van der Waals surface area contributed by atoms with Crippen LogP contribution in [-0.2, 0) is 13.0 Å². The van der Waals surface area contributed by atoms with E-state index in [0.29, 0.717) is 12.6 Å². The monoisotopic (exact) mass is 424 g/mol. The molecule has 0 bridgehead atoms. The number of pyridine rings is 1. The number of nitrogens with zero attached hydrogens (tertiary/aromatic N) is 2. The van der Waals surface area contributed by atoms with E-state index in [-0.39, 0.29) is 5.82 Å². The molecule has 6 heteroatoms. The van der Waals surface area contributed by atoms with Crippen molar-refractivity contribution in [1.29, 1.82) is 0 Å². The molecule has 158 valence electrons. The van der Waals surface area contributed by atoms with Crippen molar-refractivity contribution in [2.75, 3.05) is 6.54 Å². The van der Waals surface area contributed by atoms with E-state index in [1.54, 1.807) is 6.07 Å². The number of aromatic nitrogens is 2. The number of benzene rings is 1. The van der Waals surface area contributed by atoms with E-state index in [2.05, 4.69) is 27.1 Å². The molecule has 0 saturated heterocycles. The first-order chi connectivity index (χ1) is 14.6. The Morgan fingerprint density at radius 1 is 1.23 bits per heavy atom. The van der Waals surface area contributed by atoms with Gasteiger partial charge >= 0.3 is 0 Å². The smallest absolute Gasteiger partial charge is 0.169 e. The number of thiocarbonyl (C=S) groups is 1. The van der Waals surface area contributed by atoms with Crippen LogP contribution in [0.5, 0.6) is 0 Å². The van der Waals surface area contributed by atoms with Crippen LogP contribution >= 0.6 is 12.2 Å². The number of fused-ring (bicyclic) bond motifs is 1. The van der Waals surface area contributed by atoms with Gasteiger partial charge in [-0.1, -0.05) is 25.3 Å². The Hall–Kier alpha value is -2.47. The van der Waals surface area contributed by atoms with E-state index < -0.39 is 0 Å². The Bertz CT molecular complexity index is 995. The summed E-state index contributed by atoms with van der Waals surface area (Å²) in [6.07, 6.45) is 8.81. The fraction of sp³-hybridized carbons (Fsp3) is 0.417. The second-order valence-corrected chi connectivity index (χ2v) is 8.58. The number of hydrogen-bond acceptors (Lipinski definition) is 2. The van der Waals surface area contributed by atoms with Crippen LogP contribution < -0.4 is 5.32 Å². The molecule has 1 aliphatic carbocycles. The maximum atomic E-state index is 13.8. The highest BCUT2D eigenvalue weighted by atomic mass is 32.1. The lowest BCUT2D eigenvalue weighted by Crippen LogP contribution is -2.45. The van der Waals surface area contributed by atoms with Gasteiger partial charge in [0.05, 0.1) is 12.2 Å². The molecule has 1 aromatic carbocycles. The molecule has 4 rings (SSSR count).